The first-order valence-corrected chi connectivity index (χ1v) is 6.68. The van der Waals surface area contributed by atoms with Gasteiger partial charge in [0.05, 0.1) is 19.8 Å². The molecule has 1 unspecified atom stereocenters. The molecule has 1 aliphatic heterocycles. The topological polar surface area (TPSA) is 84.8 Å². The van der Waals surface area contributed by atoms with Crippen molar-refractivity contribution in [2.75, 3.05) is 31.2 Å². The zero-order valence-corrected chi connectivity index (χ0v) is 11.7. The van der Waals surface area contributed by atoms with E-state index >= 15 is 0 Å². The Kier molecular flexibility index (Phi) is 4.73. The fraction of sp³-hybridized carbons (Fsp3) is 0.615. The van der Waals surface area contributed by atoms with Gasteiger partial charge in [0.2, 0.25) is 11.8 Å². The monoisotopic (exact) mass is 281 g/mol. The predicted molar refractivity (Wildman–Crippen MR) is 72.1 cm³/mol. The Morgan fingerprint density at radius 2 is 2.40 bits per heavy atom. The molecule has 0 amide bonds. The normalized spacial score (nSPS) is 18.9. The third-order valence-electron chi connectivity index (χ3n) is 2.90. The van der Waals surface area contributed by atoms with Gasteiger partial charge in [0.25, 0.3) is 0 Å². The first kappa shape index (κ1) is 14.5. The molecular formula is C13H19N3O4. The van der Waals surface area contributed by atoms with Gasteiger partial charge in [-0.1, -0.05) is 6.92 Å². The molecular weight excluding hydrogens is 262 g/mol. The van der Waals surface area contributed by atoms with Crippen LogP contribution in [0, 0.1) is 6.92 Å². The highest BCUT2D eigenvalue weighted by Gasteiger charge is 2.27. The third-order valence-corrected chi connectivity index (χ3v) is 2.90. The summed E-state index contributed by atoms with van der Waals surface area (Å²) in [6.07, 6.45) is 0.0599. The van der Waals surface area contributed by atoms with E-state index in [0.29, 0.717) is 31.6 Å². The zero-order chi connectivity index (χ0) is 14.5. The summed E-state index contributed by atoms with van der Waals surface area (Å²) in [5, 5.41) is 9.01. The van der Waals surface area contributed by atoms with Crippen LogP contribution in [0.5, 0.6) is 5.88 Å². The summed E-state index contributed by atoms with van der Waals surface area (Å²) < 4.78 is 10.7. The van der Waals surface area contributed by atoms with Gasteiger partial charge < -0.3 is 19.5 Å². The number of carbonyl (C=O) groups is 1. The highest BCUT2D eigenvalue weighted by Crippen LogP contribution is 2.18. The van der Waals surface area contributed by atoms with Crippen molar-refractivity contribution in [2.24, 2.45) is 0 Å². The maximum atomic E-state index is 11.0. The van der Waals surface area contributed by atoms with Gasteiger partial charge in [-0.25, -0.2) is 9.78 Å². The Bertz CT molecular complexity index is 481. The molecule has 7 nitrogen and oxygen atoms in total. The summed E-state index contributed by atoms with van der Waals surface area (Å²) in [4.78, 5) is 21.5. The van der Waals surface area contributed by atoms with Gasteiger partial charge in [-0.2, -0.15) is 4.98 Å². The predicted octanol–water partition coefficient (Wildman–Crippen LogP) is 0.864. The van der Waals surface area contributed by atoms with E-state index in [4.69, 9.17) is 14.6 Å². The Labute approximate surface area is 117 Å². The first-order valence-electron chi connectivity index (χ1n) is 6.68. The third kappa shape index (κ3) is 3.57. The fourth-order valence-corrected chi connectivity index (χ4v) is 1.93. The molecule has 0 aromatic carbocycles. The van der Waals surface area contributed by atoms with E-state index in [2.05, 4.69) is 9.97 Å². The molecule has 2 rings (SSSR count). The van der Waals surface area contributed by atoms with Crippen molar-refractivity contribution >= 4 is 11.9 Å². The van der Waals surface area contributed by atoms with Crippen molar-refractivity contribution in [3.63, 3.8) is 0 Å². The van der Waals surface area contributed by atoms with Gasteiger partial charge in [-0.15, -0.1) is 0 Å². The van der Waals surface area contributed by atoms with Crippen molar-refractivity contribution in [3.8, 4) is 5.88 Å². The lowest BCUT2D eigenvalue weighted by molar-refractivity contribution is -0.150. The molecule has 0 aliphatic carbocycles. The van der Waals surface area contributed by atoms with Crippen LogP contribution in [0.25, 0.3) is 0 Å². The summed E-state index contributed by atoms with van der Waals surface area (Å²) >= 11 is 0. The van der Waals surface area contributed by atoms with Gasteiger partial charge in [-0.05, 0) is 13.3 Å². The molecule has 1 aliphatic rings. The molecule has 0 radical (unpaired) electrons. The van der Waals surface area contributed by atoms with Crippen LogP contribution in [0.4, 0.5) is 5.95 Å². The van der Waals surface area contributed by atoms with Crippen LogP contribution in [-0.4, -0.2) is 53.5 Å². The maximum Gasteiger partial charge on any atom is 0.334 e. The second-order valence-corrected chi connectivity index (χ2v) is 4.64. The van der Waals surface area contributed by atoms with E-state index in [-0.39, 0.29) is 6.54 Å². The summed E-state index contributed by atoms with van der Waals surface area (Å²) in [5.74, 6) is 0.0446. The van der Waals surface area contributed by atoms with Gasteiger partial charge >= 0.3 is 5.97 Å². The van der Waals surface area contributed by atoms with Crippen molar-refractivity contribution in [2.45, 2.75) is 26.4 Å². The quantitative estimate of drug-likeness (QED) is 0.856. The number of morpholine rings is 1. The minimum atomic E-state index is -0.968. The Morgan fingerprint density at radius 1 is 1.60 bits per heavy atom. The lowest BCUT2D eigenvalue weighted by Gasteiger charge is -2.31. The first-order chi connectivity index (χ1) is 9.60. The van der Waals surface area contributed by atoms with Crippen LogP contribution in [-0.2, 0) is 9.53 Å². The number of hydrogen-bond acceptors (Lipinski definition) is 6. The lowest BCUT2D eigenvalue weighted by atomic mass is 10.3. The number of anilines is 1. The highest BCUT2D eigenvalue weighted by atomic mass is 16.5. The molecule has 1 saturated heterocycles. The number of nitrogens with zero attached hydrogens (tertiary/aromatic N) is 3. The molecule has 0 saturated carbocycles. The molecule has 7 heteroatoms. The number of ether oxygens (including phenoxy) is 2. The van der Waals surface area contributed by atoms with E-state index in [1.165, 1.54) is 0 Å². The smallest absolute Gasteiger partial charge is 0.334 e. The van der Waals surface area contributed by atoms with Gasteiger partial charge in [0.15, 0.2) is 6.10 Å². The summed E-state index contributed by atoms with van der Waals surface area (Å²) in [5.41, 5.74) is 0.791. The van der Waals surface area contributed by atoms with Gasteiger partial charge in [0.1, 0.15) is 0 Å². The number of aromatic nitrogens is 2. The number of aliphatic carboxylic acids is 1. The largest absolute Gasteiger partial charge is 0.479 e. The summed E-state index contributed by atoms with van der Waals surface area (Å²) in [7, 11) is 0. The van der Waals surface area contributed by atoms with Crippen molar-refractivity contribution in [3.05, 3.63) is 11.8 Å². The van der Waals surface area contributed by atoms with Crippen LogP contribution >= 0.6 is 0 Å². The second-order valence-electron chi connectivity index (χ2n) is 4.64. The van der Waals surface area contributed by atoms with Crippen molar-refractivity contribution < 1.29 is 19.4 Å². The molecule has 1 atom stereocenters. The Morgan fingerprint density at radius 3 is 3.10 bits per heavy atom. The average Bonchev–Trinajstić information content (AvgIpc) is 2.44. The maximum absolute atomic E-state index is 11.0. The van der Waals surface area contributed by atoms with Crippen LogP contribution in [0.2, 0.25) is 0 Å². The van der Waals surface area contributed by atoms with E-state index < -0.39 is 12.1 Å². The second kappa shape index (κ2) is 6.51. The molecule has 20 heavy (non-hydrogen) atoms. The standard InChI is InChI=1S/C13H19N3O4/c1-3-5-20-11-7-9(2)14-13(15-11)16-4-6-19-10(8-16)12(17)18/h7,10H,3-6,8H2,1-2H3,(H,17,18). The Balaban J connectivity index is 2.14. The highest BCUT2D eigenvalue weighted by molar-refractivity contribution is 5.73. The zero-order valence-electron chi connectivity index (χ0n) is 11.7. The molecule has 0 bridgehead atoms. The average molecular weight is 281 g/mol. The van der Waals surface area contributed by atoms with Crippen LogP contribution in [0.1, 0.15) is 19.0 Å². The minimum absolute atomic E-state index is 0.242. The van der Waals surface area contributed by atoms with Crippen LogP contribution in [0.3, 0.4) is 0 Å². The van der Waals surface area contributed by atoms with Crippen molar-refractivity contribution in [1.29, 1.82) is 0 Å². The molecule has 1 fully saturated rings. The molecule has 1 N–H and O–H groups in total. The van der Waals surface area contributed by atoms with E-state index in [1.54, 1.807) is 6.07 Å². The lowest BCUT2D eigenvalue weighted by Crippen LogP contribution is -2.46. The van der Waals surface area contributed by atoms with E-state index in [1.807, 2.05) is 18.7 Å². The Hall–Kier alpha value is -1.89. The number of carboxylic acids is 1. The summed E-state index contributed by atoms with van der Waals surface area (Å²) in [6, 6.07) is 1.77. The number of hydrogen-bond donors (Lipinski definition) is 1. The number of rotatable bonds is 5. The number of aryl methyl sites for hydroxylation is 1. The minimum Gasteiger partial charge on any atom is -0.479 e. The molecule has 0 spiro atoms. The van der Waals surface area contributed by atoms with Crippen LogP contribution < -0.4 is 9.64 Å². The van der Waals surface area contributed by atoms with Gasteiger partial charge in [0, 0.05) is 18.3 Å². The SMILES string of the molecule is CCCOc1cc(C)nc(N2CCOC(C(=O)O)C2)n1. The van der Waals surface area contributed by atoms with E-state index in [0.717, 1.165) is 12.1 Å². The van der Waals surface area contributed by atoms with E-state index in [9.17, 15) is 4.79 Å². The molecule has 110 valence electrons. The van der Waals surface area contributed by atoms with Gasteiger partial charge in [-0.3, -0.25) is 0 Å². The van der Waals surface area contributed by atoms with Crippen LogP contribution in [0.15, 0.2) is 6.07 Å². The molecule has 2 heterocycles. The fourth-order valence-electron chi connectivity index (χ4n) is 1.93. The summed E-state index contributed by atoms with van der Waals surface area (Å²) in [6.45, 7) is 5.64. The molecule has 1 aromatic heterocycles. The molecule has 1 aromatic rings. The van der Waals surface area contributed by atoms with Crippen molar-refractivity contribution in [1.82, 2.24) is 9.97 Å². The number of carboxylic acid groups (broad SMARTS) is 1.